The summed E-state index contributed by atoms with van der Waals surface area (Å²) in [5.41, 5.74) is 3.47. The number of rotatable bonds is 7. The number of hydrogen-bond acceptors (Lipinski definition) is 4. The molecule has 1 fully saturated rings. The number of nitrogens with zero attached hydrogens (tertiary/aromatic N) is 2. The molecule has 182 valence electrons. The van der Waals surface area contributed by atoms with Crippen LogP contribution < -0.4 is 10.6 Å². The molecule has 1 aliphatic rings. The van der Waals surface area contributed by atoms with E-state index in [1.165, 1.54) is 12.1 Å². The molecule has 0 spiro atoms. The van der Waals surface area contributed by atoms with Crippen molar-refractivity contribution in [3.05, 3.63) is 108 Å². The highest BCUT2D eigenvalue weighted by Gasteiger charge is 2.41. The molecule has 0 saturated carbocycles. The summed E-state index contributed by atoms with van der Waals surface area (Å²) in [6.45, 7) is 2.39. The van der Waals surface area contributed by atoms with Gasteiger partial charge in [0.1, 0.15) is 23.4 Å². The first kappa shape index (κ1) is 23.7. The molecule has 5 rings (SSSR count). The summed E-state index contributed by atoms with van der Waals surface area (Å²) in [6.07, 6.45) is 1.98. The second-order valence-electron chi connectivity index (χ2n) is 8.69. The van der Waals surface area contributed by atoms with Gasteiger partial charge in [-0.3, -0.25) is 9.78 Å². The monoisotopic (exact) mass is 500 g/mol. The van der Waals surface area contributed by atoms with E-state index in [0.29, 0.717) is 23.2 Å². The van der Waals surface area contributed by atoms with E-state index in [1.807, 2.05) is 66.4 Å². The zero-order valence-electron chi connectivity index (χ0n) is 19.6. The number of amides is 1. The molecule has 1 saturated heterocycles. The van der Waals surface area contributed by atoms with Crippen molar-refractivity contribution in [3.63, 3.8) is 0 Å². The summed E-state index contributed by atoms with van der Waals surface area (Å²) >= 11 is 5.68. The van der Waals surface area contributed by atoms with E-state index in [9.17, 15) is 9.18 Å². The number of anilines is 1. The molecule has 2 atom stereocenters. The molecule has 0 unspecified atom stereocenters. The topological polar surface area (TPSA) is 70.4 Å². The van der Waals surface area contributed by atoms with Crippen LogP contribution in [0.15, 0.2) is 89.5 Å². The van der Waals surface area contributed by atoms with Crippen molar-refractivity contribution in [1.82, 2.24) is 15.2 Å². The summed E-state index contributed by atoms with van der Waals surface area (Å²) in [5, 5.41) is 6.82. The van der Waals surface area contributed by atoms with Crippen molar-refractivity contribution in [2.75, 3.05) is 11.9 Å². The lowest BCUT2D eigenvalue weighted by Gasteiger charge is -2.25. The molecule has 0 aliphatic carbocycles. The molecule has 8 heteroatoms. The van der Waals surface area contributed by atoms with E-state index in [-0.39, 0.29) is 30.2 Å². The highest BCUT2D eigenvalue weighted by Crippen LogP contribution is 2.40. The number of carbonyl (C=O) groups is 1. The standard InChI is InChI=1S/C28H25FN4O2S/c1-18-5-11-21(12-6-18)31-25(34)15-17-33-27(26(32-28(33)36)22-4-2-3-16-30-22)24-14-13-23(35-24)19-7-9-20(29)10-8-19/h2-14,16,26-27H,15,17H2,1H3,(H,31,34)(H,32,36)/t26-,27-/m1/s1. The van der Waals surface area contributed by atoms with Crippen LogP contribution in [0.5, 0.6) is 0 Å². The first-order valence-corrected chi connectivity index (χ1v) is 12.1. The van der Waals surface area contributed by atoms with Crippen LogP contribution >= 0.6 is 12.2 Å². The minimum atomic E-state index is -0.311. The lowest BCUT2D eigenvalue weighted by molar-refractivity contribution is -0.116. The minimum absolute atomic E-state index is 0.104. The van der Waals surface area contributed by atoms with Gasteiger partial charge in [-0.15, -0.1) is 0 Å². The van der Waals surface area contributed by atoms with Crippen LogP contribution in [0, 0.1) is 12.7 Å². The van der Waals surface area contributed by atoms with Gasteiger partial charge in [0.25, 0.3) is 0 Å². The number of benzene rings is 2. The van der Waals surface area contributed by atoms with Crippen molar-refractivity contribution in [2.24, 2.45) is 0 Å². The Hall–Kier alpha value is -4.04. The molecular weight excluding hydrogens is 475 g/mol. The van der Waals surface area contributed by atoms with E-state index in [1.54, 1.807) is 18.3 Å². The number of aryl methyl sites for hydroxylation is 1. The maximum atomic E-state index is 13.4. The molecule has 4 aromatic rings. The van der Waals surface area contributed by atoms with Crippen LogP contribution in [0.25, 0.3) is 11.3 Å². The van der Waals surface area contributed by atoms with Crippen LogP contribution in [0.2, 0.25) is 0 Å². The van der Waals surface area contributed by atoms with Gasteiger partial charge in [0.15, 0.2) is 5.11 Å². The van der Waals surface area contributed by atoms with Gasteiger partial charge in [0, 0.05) is 30.4 Å². The molecule has 3 heterocycles. The zero-order valence-corrected chi connectivity index (χ0v) is 20.5. The van der Waals surface area contributed by atoms with Gasteiger partial charge in [0.05, 0.1) is 11.7 Å². The Morgan fingerprint density at radius 3 is 2.58 bits per heavy atom. The Kier molecular flexibility index (Phi) is 6.77. The summed E-state index contributed by atoms with van der Waals surface area (Å²) < 4.78 is 19.6. The van der Waals surface area contributed by atoms with Gasteiger partial charge in [-0.1, -0.05) is 23.8 Å². The van der Waals surface area contributed by atoms with E-state index in [0.717, 1.165) is 22.5 Å². The number of furan rings is 1. The van der Waals surface area contributed by atoms with E-state index in [4.69, 9.17) is 16.6 Å². The smallest absolute Gasteiger partial charge is 0.226 e. The fourth-order valence-corrected chi connectivity index (χ4v) is 4.65. The molecule has 1 amide bonds. The van der Waals surface area contributed by atoms with Gasteiger partial charge in [-0.25, -0.2) is 4.39 Å². The number of carbonyl (C=O) groups excluding carboxylic acids is 1. The number of thiocarbonyl (C=S) groups is 1. The number of halogens is 1. The van der Waals surface area contributed by atoms with Crippen molar-refractivity contribution < 1.29 is 13.6 Å². The summed E-state index contributed by atoms with van der Waals surface area (Å²) in [5.74, 6) is 0.894. The van der Waals surface area contributed by atoms with Gasteiger partial charge < -0.3 is 20.0 Å². The Balaban J connectivity index is 1.38. The van der Waals surface area contributed by atoms with E-state index >= 15 is 0 Å². The molecule has 6 nitrogen and oxygen atoms in total. The van der Waals surface area contributed by atoms with Crippen LogP contribution in [0.1, 0.15) is 35.5 Å². The quantitative estimate of drug-likeness (QED) is 0.313. The third-order valence-corrected chi connectivity index (χ3v) is 6.51. The van der Waals surface area contributed by atoms with Gasteiger partial charge in [0.2, 0.25) is 5.91 Å². The number of aromatic nitrogens is 1. The Morgan fingerprint density at radius 1 is 1.08 bits per heavy atom. The van der Waals surface area contributed by atoms with Crippen LogP contribution in [-0.2, 0) is 4.79 Å². The summed E-state index contributed by atoms with van der Waals surface area (Å²) in [4.78, 5) is 19.2. The zero-order chi connectivity index (χ0) is 25.1. The first-order chi connectivity index (χ1) is 17.5. The van der Waals surface area contributed by atoms with Crippen LogP contribution in [0.4, 0.5) is 10.1 Å². The third-order valence-electron chi connectivity index (χ3n) is 6.16. The number of pyridine rings is 1. The highest BCUT2D eigenvalue weighted by atomic mass is 32.1. The van der Waals surface area contributed by atoms with Crippen molar-refractivity contribution in [1.29, 1.82) is 0 Å². The van der Waals surface area contributed by atoms with E-state index in [2.05, 4.69) is 15.6 Å². The average molecular weight is 501 g/mol. The van der Waals surface area contributed by atoms with E-state index < -0.39 is 0 Å². The predicted octanol–water partition coefficient (Wildman–Crippen LogP) is 5.79. The molecule has 0 bridgehead atoms. The molecule has 0 radical (unpaired) electrons. The van der Waals surface area contributed by atoms with Crippen molar-refractivity contribution >= 4 is 28.9 Å². The second kappa shape index (κ2) is 10.3. The van der Waals surface area contributed by atoms with Crippen molar-refractivity contribution in [3.8, 4) is 11.3 Å². The SMILES string of the molecule is Cc1ccc(NC(=O)CCN2C(=S)N[C@H](c3ccccn3)[C@H]2c2ccc(-c3ccc(F)cc3)o2)cc1. The van der Waals surface area contributed by atoms with Crippen molar-refractivity contribution in [2.45, 2.75) is 25.4 Å². The fraction of sp³-hybridized carbons (Fsp3) is 0.179. The number of hydrogen-bond donors (Lipinski definition) is 2. The fourth-order valence-electron chi connectivity index (χ4n) is 4.32. The maximum Gasteiger partial charge on any atom is 0.226 e. The molecule has 2 N–H and O–H groups in total. The lowest BCUT2D eigenvalue weighted by atomic mass is 10.0. The largest absolute Gasteiger partial charge is 0.459 e. The minimum Gasteiger partial charge on any atom is -0.459 e. The van der Waals surface area contributed by atoms with Crippen LogP contribution in [-0.4, -0.2) is 27.4 Å². The summed E-state index contributed by atoms with van der Waals surface area (Å²) in [6, 6.07) is 22.8. The van der Waals surface area contributed by atoms with Gasteiger partial charge >= 0.3 is 0 Å². The first-order valence-electron chi connectivity index (χ1n) is 11.7. The molecule has 2 aromatic carbocycles. The highest BCUT2D eigenvalue weighted by molar-refractivity contribution is 7.80. The molecular formula is C28H25FN4O2S. The normalized spacial score (nSPS) is 17.2. The van der Waals surface area contributed by atoms with Gasteiger partial charge in [-0.05, 0) is 79.8 Å². The number of nitrogens with one attached hydrogen (secondary N) is 2. The predicted molar refractivity (Wildman–Crippen MR) is 141 cm³/mol. The second-order valence-corrected chi connectivity index (χ2v) is 9.08. The Labute approximate surface area is 214 Å². The third kappa shape index (κ3) is 5.13. The summed E-state index contributed by atoms with van der Waals surface area (Å²) in [7, 11) is 0. The average Bonchev–Trinajstić information content (AvgIpc) is 3.50. The maximum absolute atomic E-state index is 13.4. The lowest BCUT2D eigenvalue weighted by Crippen LogP contribution is -2.32. The molecule has 1 aliphatic heterocycles. The Morgan fingerprint density at radius 2 is 1.86 bits per heavy atom. The van der Waals surface area contributed by atoms with Crippen LogP contribution in [0.3, 0.4) is 0 Å². The Bertz CT molecular complexity index is 1360. The molecule has 36 heavy (non-hydrogen) atoms. The van der Waals surface area contributed by atoms with Gasteiger partial charge in [-0.2, -0.15) is 0 Å². The molecule has 2 aromatic heterocycles.